The summed E-state index contributed by atoms with van der Waals surface area (Å²) < 4.78 is 2.37. The molecular weight excluding hydrogens is 655 g/mol. The molecule has 0 aliphatic rings. The van der Waals surface area contributed by atoms with Crippen molar-refractivity contribution in [2.24, 2.45) is 0 Å². The second kappa shape index (κ2) is 13.4. The van der Waals surface area contributed by atoms with Crippen LogP contribution >= 0.6 is 0 Å². The lowest BCUT2D eigenvalue weighted by Gasteiger charge is -2.28. The topological polar surface area (TPSA) is 21.1 Å². The first-order chi connectivity index (χ1) is 26.8. The first kappa shape index (κ1) is 31.5. The molecule has 10 rings (SSSR count). The monoisotopic (exact) mass is 689 g/mol. The zero-order chi connectivity index (χ0) is 35.8. The van der Waals surface area contributed by atoms with Gasteiger partial charge in [-0.2, -0.15) is 0 Å². The molecule has 0 aliphatic heterocycles. The molecule has 0 fully saturated rings. The molecule has 0 radical (unpaired) electrons. The van der Waals surface area contributed by atoms with Crippen LogP contribution in [0.4, 0.5) is 17.1 Å². The van der Waals surface area contributed by atoms with Crippen LogP contribution < -0.4 is 4.90 Å². The van der Waals surface area contributed by atoms with E-state index >= 15 is 0 Å². The van der Waals surface area contributed by atoms with Gasteiger partial charge in [0.15, 0.2) is 0 Å². The predicted molar refractivity (Wildman–Crippen MR) is 227 cm³/mol. The quantitative estimate of drug-likeness (QED) is 0.166. The zero-order valence-corrected chi connectivity index (χ0v) is 29.5. The van der Waals surface area contributed by atoms with E-state index in [1.54, 1.807) is 0 Å². The first-order valence-electron chi connectivity index (χ1n) is 18.4. The Morgan fingerprint density at radius 3 is 1.67 bits per heavy atom. The average molecular weight is 690 g/mol. The number of para-hydroxylation sites is 2. The van der Waals surface area contributed by atoms with Crippen LogP contribution in [0.15, 0.2) is 212 Å². The van der Waals surface area contributed by atoms with Crippen LogP contribution in [-0.4, -0.2) is 9.55 Å². The molecule has 10 aromatic rings. The van der Waals surface area contributed by atoms with E-state index in [1.807, 2.05) is 18.3 Å². The third kappa shape index (κ3) is 5.51. The molecule has 0 atom stereocenters. The molecule has 2 heterocycles. The largest absolute Gasteiger partial charge is 0.310 e. The van der Waals surface area contributed by atoms with Crippen LogP contribution in [0.3, 0.4) is 0 Å². The van der Waals surface area contributed by atoms with E-state index < -0.39 is 0 Å². The fourth-order valence-corrected chi connectivity index (χ4v) is 7.90. The van der Waals surface area contributed by atoms with Crippen LogP contribution in [0.5, 0.6) is 0 Å². The number of hydrogen-bond donors (Lipinski definition) is 0. The summed E-state index contributed by atoms with van der Waals surface area (Å²) in [7, 11) is 0. The van der Waals surface area contributed by atoms with E-state index in [2.05, 4.69) is 209 Å². The lowest BCUT2D eigenvalue weighted by atomic mass is 9.95. The maximum atomic E-state index is 4.60. The lowest BCUT2D eigenvalue weighted by molar-refractivity contribution is 1.18. The van der Waals surface area contributed by atoms with Crippen molar-refractivity contribution in [3.63, 3.8) is 0 Å². The maximum absolute atomic E-state index is 4.60. The van der Waals surface area contributed by atoms with Gasteiger partial charge in [-0.05, 0) is 100 Å². The summed E-state index contributed by atoms with van der Waals surface area (Å²) >= 11 is 0. The Bertz CT molecular complexity index is 2810. The van der Waals surface area contributed by atoms with Crippen molar-refractivity contribution in [2.45, 2.75) is 0 Å². The fourth-order valence-electron chi connectivity index (χ4n) is 7.90. The number of aromatic nitrogens is 2. The molecule has 8 aromatic carbocycles. The first-order valence-corrected chi connectivity index (χ1v) is 18.4. The van der Waals surface area contributed by atoms with Crippen molar-refractivity contribution < 1.29 is 0 Å². The molecule has 0 N–H and O–H groups in total. The number of rotatable bonds is 7. The van der Waals surface area contributed by atoms with Gasteiger partial charge in [0.05, 0.1) is 22.4 Å². The van der Waals surface area contributed by atoms with Crippen LogP contribution in [0.1, 0.15) is 0 Å². The van der Waals surface area contributed by atoms with Crippen molar-refractivity contribution in [1.82, 2.24) is 9.55 Å². The SMILES string of the molecule is c1ccc(-c2ccc(N(c3ccc(-c4ccccn4)cc3)c3ccc(-c4ccc5c(c4)c4ccccc4n5-c4ccccc4)c4ccccc34)cc2)cc1. The van der Waals surface area contributed by atoms with E-state index in [0.29, 0.717) is 0 Å². The van der Waals surface area contributed by atoms with E-state index in [-0.39, 0.29) is 0 Å². The summed E-state index contributed by atoms with van der Waals surface area (Å²) in [5.41, 5.74) is 13.7. The van der Waals surface area contributed by atoms with Gasteiger partial charge in [0.1, 0.15) is 0 Å². The number of pyridine rings is 1. The van der Waals surface area contributed by atoms with Crippen LogP contribution in [-0.2, 0) is 0 Å². The summed E-state index contributed by atoms with van der Waals surface area (Å²) in [6.45, 7) is 0. The smallest absolute Gasteiger partial charge is 0.0701 e. The van der Waals surface area contributed by atoms with Gasteiger partial charge in [-0.1, -0.05) is 133 Å². The summed E-state index contributed by atoms with van der Waals surface area (Å²) in [6.07, 6.45) is 1.84. The van der Waals surface area contributed by atoms with Gasteiger partial charge >= 0.3 is 0 Å². The standard InChI is InChI=1S/C51H35N3/c1-3-13-36(14-4-1)37-22-27-41(28-23-37)53(42-29-24-38(25-30-42)48-20-11-12-34-52-48)50-33-31-43(44-17-7-8-18-45(44)50)39-26-32-51-47(35-39)46-19-9-10-21-49(46)54(51)40-15-5-2-6-16-40/h1-35H. The molecule has 54 heavy (non-hydrogen) atoms. The van der Waals surface area contributed by atoms with Gasteiger partial charge in [0, 0.05) is 45.0 Å². The second-order valence-corrected chi connectivity index (χ2v) is 13.6. The number of hydrogen-bond acceptors (Lipinski definition) is 2. The number of fused-ring (bicyclic) bond motifs is 4. The fraction of sp³-hybridized carbons (Fsp3) is 0. The molecule has 0 unspecified atom stereocenters. The van der Waals surface area contributed by atoms with Gasteiger partial charge in [-0.3, -0.25) is 4.98 Å². The third-order valence-corrected chi connectivity index (χ3v) is 10.5. The van der Waals surface area contributed by atoms with E-state index in [1.165, 1.54) is 54.8 Å². The molecule has 2 aromatic heterocycles. The van der Waals surface area contributed by atoms with Gasteiger partial charge < -0.3 is 9.47 Å². The maximum Gasteiger partial charge on any atom is 0.0701 e. The highest BCUT2D eigenvalue weighted by atomic mass is 15.1. The van der Waals surface area contributed by atoms with E-state index in [4.69, 9.17) is 0 Å². The Balaban J connectivity index is 1.13. The van der Waals surface area contributed by atoms with Crippen molar-refractivity contribution in [2.75, 3.05) is 4.90 Å². The zero-order valence-electron chi connectivity index (χ0n) is 29.5. The molecule has 0 saturated carbocycles. The minimum absolute atomic E-state index is 0.960. The van der Waals surface area contributed by atoms with Crippen molar-refractivity contribution >= 4 is 49.6 Å². The number of nitrogens with zero attached hydrogens (tertiary/aromatic N) is 3. The van der Waals surface area contributed by atoms with Gasteiger partial charge in [-0.25, -0.2) is 0 Å². The molecule has 3 heteroatoms. The van der Waals surface area contributed by atoms with Crippen molar-refractivity contribution in [3.05, 3.63) is 212 Å². The predicted octanol–water partition coefficient (Wildman–Crippen LogP) is 13.8. The highest BCUT2D eigenvalue weighted by molar-refractivity contribution is 6.12. The van der Waals surface area contributed by atoms with Crippen molar-refractivity contribution in [3.8, 4) is 39.2 Å². The molecular formula is C51H35N3. The van der Waals surface area contributed by atoms with Crippen LogP contribution in [0.25, 0.3) is 71.8 Å². The Labute approximate surface area is 314 Å². The minimum Gasteiger partial charge on any atom is -0.310 e. The molecule has 0 aliphatic carbocycles. The molecule has 3 nitrogen and oxygen atoms in total. The number of anilines is 3. The molecule has 0 saturated heterocycles. The molecule has 0 amide bonds. The third-order valence-electron chi connectivity index (χ3n) is 10.5. The molecule has 254 valence electrons. The van der Waals surface area contributed by atoms with E-state index in [0.717, 1.165) is 34.0 Å². The Hall–Kier alpha value is -7.23. The summed E-state index contributed by atoms with van der Waals surface area (Å²) in [5.74, 6) is 0. The Kier molecular flexibility index (Phi) is 7.81. The van der Waals surface area contributed by atoms with Crippen LogP contribution in [0, 0.1) is 0 Å². The number of benzene rings is 8. The molecule has 0 spiro atoms. The molecule has 0 bridgehead atoms. The summed E-state index contributed by atoms with van der Waals surface area (Å²) in [6, 6.07) is 73.9. The normalized spacial score (nSPS) is 11.3. The highest BCUT2D eigenvalue weighted by Gasteiger charge is 2.19. The average Bonchev–Trinajstić information content (AvgIpc) is 3.59. The van der Waals surface area contributed by atoms with Gasteiger partial charge in [0.2, 0.25) is 0 Å². The summed E-state index contributed by atoms with van der Waals surface area (Å²) in [4.78, 5) is 6.97. The second-order valence-electron chi connectivity index (χ2n) is 13.6. The van der Waals surface area contributed by atoms with E-state index in [9.17, 15) is 0 Å². The minimum atomic E-state index is 0.960. The summed E-state index contributed by atoms with van der Waals surface area (Å²) in [5, 5.41) is 4.88. The van der Waals surface area contributed by atoms with Crippen LogP contribution in [0.2, 0.25) is 0 Å². The van der Waals surface area contributed by atoms with Gasteiger partial charge in [0.25, 0.3) is 0 Å². The lowest BCUT2D eigenvalue weighted by Crippen LogP contribution is -2.10. The highest BCUT2D eigenvalue weighted by Crippen LogP contribution is 2.44. The van der Waals surface area contributed by atoms with Gasteiger partial charge in [-0.15, -0.1) is 0 Å². The Morgan fingerprint density at radius 2 is 0.944 bits per heavy atom. The Morgan fingerprint density at radius 1 is 0.370 bits per heavy atom. The van der Waals surface area contributed by atoms with Crippen molar-refractivity contribution in [1.29, 1.82) is 0 Å².